The van der Waals surface area contributed by atoms with Crippen molar-refractivity contribution in [3.8, 4) is 0 Å². The first kappa shape index (κ1) is 10.0. The van der Waals surface area contributed by atoms with Gasteiger partial charge in [0.25, 0.3) is 0 Å². The van der Waals surface area contributed by atoms with Crippen LogP contribution in [0.5, 0.6) is 0 Å². The summed E-state index contributed by atoms with van der Waals surface area (Å²) in [5.74, 6) is 2.10. The molecule has 12 heavy (non-hydrogen) atoms. The summed E-state index contributed by atoms with van der Waals surface area (Å²) in [5.41, 5.74) is 5.64. The van der Waals surface area contributed by atoms with E-state index in [0.29, 0.717) is 5.92 Å². The SMILES string of the molecule is CC(CN)C(C)C1CCCOC1. The Morgan fingerprint density at radius 2 is 2.25 bits per heavy atom. The zero-order valence-electron chi connectivity index (χ0n) is 8.25. The third-order valence-electron chi connectivity index (χ3n) is 3.21. The van der Waals surface area contributed by atoms with Crippen LogP contribution in [0.1, 0.15) is 26.7 Å². The Balaban J connectivity index is 2.33. The second-order valence-electron chi connectivity index (χ2n) is 4.05. The molecule has 2 nitrogen and oxygen atoms in total. The summed E-state index contributed by atoms with van der Waals surface area (Å²) < 4.78 is 5.46. The average Bonchev–Trinajstić information content (AvgIpc) is 2.17. The Kier molecular flexibility index (Phi) is 4.02. The predicted molar refractivity (Wildman–Crippen MR) is 50.9 cm³/mol. The van der Waals surface area contributed by atoms with Crippen molar-refractivity contribution in [3.05, 3.63) is 0 Å². The molecule has 1 fully saturated rings. The van der Waals surface area contributed by atoms with Gasteiger partial charge in [0.1, 0.15) is 0 Å². The van der Waals surface area contributed by atoms with E-state index < -0.39 is 0 Å². The second-order valence-corrected chi connectivity index (χ2v) is 4.05. The molecule has 1 rings (SSSR count). The van der Waals surface area contributed by atoms with Gasteiger partial charge in [-0.2, -0.15) is 0 Å². The highest BCUT2D eigenvalue weighted by Gasteiger charge is 2.23. The number of hydrogen-bond acceptors (Lipinski definition) is 2. The largest absolute Gasteiger partial charge is 0.381 e. The van der Waals surface area contributed by atoms with Crippen LogP contribution in [-0.4, -0.2) is 19.8 Å². The maximum Gasteiger partial charge on any atom is 0.0496 e. The molecule has 0 aromatic heterocycles. The fourth-order valence-electron chi connectivity index (χ4n) is 1.86. The Labute approximate surface area is 75.5 Å². The summed E-state index contributed by atoms with van der Waals surface area (Å²) >= 11 is 0. The van der Waals surface area contributed by atoms with Crippen molar-refractivity contribution in [2.75, 3.05) is 19.8 Å². The lowest BCUT2D eigenvalue weighted by Gasteiger charge is -2.31. The Morgan fingerprint density at radius 3 is 2.75 bits per heavy atom. The van der Waals surface area contributed by atoms with Crippen molar-refractivity contribution in [1.82, 2.24) is 0 Å². The van der Waals surface area contributed by atoms with Crippen LogP contribution in [0.25, 0.3) is 0 Å². The third-order valence-corrected chi connectivity index (χ3v) is 3.21. The topological polar surface area (TPSA) is 35.2 Å². The van der Waals surface area contributed by atoms with E-state index in [9.17, 15) is 0 Å². The fourth-order valence-corrected chi connectivity index (χ4v) is 1.86. The summed E-state index contributed by atoms with van der Waals surface area (Å²) in [4.78, 5) is 0. The van der Waals surface area contributed by atoms with Crippen molar-refractivity contribution in [2.45, 2.75) is 26.7 Å². The van der Waals surface area contributed by atoms with Gasteiger partial charge in [0.2, 0.25) is 0 Å². The van der Waals surface area contributed by atoms with E-state index in [1.807, 2.05) is 0 Å². The molecule has 1 heterocycles. The number of ether oxygens (including phenoxy) is 1. The molecule has 0 aromatic carbocycles. The summed E-state index contributed by atoms with van der Waals surface area (Å²) in [6, 6.07) is 0. The normalized spacial score (nSPS) is 29.8. The molecule has 1 aliphatic heterocycles. The molecule has 72 valence electrons. The third kappa shape index (κ3) is 2.46. The first-order valence-corrected chi connectivity index (χ1v) is 5.03. The standard InChI is InChI=1S/C10H21NO/c1-8(6-11)9(2)10-4-3-5-12-7-10/h8-10H,3-7,11H2,1-2H3. The van der Waals surface area contributed by atoms with E-state index in [4.69, 9.17) is 10.5 Å². The molecule has 0 aliphatic carbocycles. The molecule has 0 spiro atoms. The van der Waals surface area contributed by atoms with E-state index in [0.717, 1.165) is 31.6 Å². The van der Waals surface area contributed by atoms with Gasteiger partial charge in [0.15, 0.2) is 0 Å². The van der Waals surface area contributed by atoms with E-state index >= 15 is 0 Å². The average molecular weight is 171 g/mol. The predicted octanol–water partition coefficient (Wildman–Crippen LogP) is 1.64. The molecule has 0 saturated carbocycles. The molecule has 0 amide bonds. The van der Waals surface area contributed by atoms with Gasteiger partial charge < -0.3 is 10.5 Å². The van der Waals surface area contributed by atoms with Gasteiger partial charge in [-0.25, -0.2) is 0 Å². The van der Waals surface area contributed by atoms with Gasteiger partial charge in [0, 0.05) is 13.2 Å². The van der Waals surface area contributed by atoms with Gasteiger partial charge >= 0.3 is 0 Å². The fraction of sp³-hybridized carbons (Fsp3) is 1.00. The van der Waals surface area contributed by atoms with Crippen LogP contribution in [0, 0.1) is 17.8 Å². The van der Waals surface area contributed by atoms with E-state index in [-0.39, 0.29) is 0 Å². The lowest BCUT2D eigenvalue weighted by atomic mass is 9.81. The van der Waals surface area contributed by atoms with Crippen LogP contribution in [0.4, 0.5) is 0 Å². The van der Waals surface area contributed by atoms with Crippen molar-refractivity contribution in [1.29, 1.82) is 0 Å². The van der Waals surface area contributed by atoms with Crippen molar-refractivity contribution in [2.24, 2.45) is 23.5 Å². The highest BCUT2D eigenvalue weighted by atomic mass is 16.5. The Hall–Kier alpha value is -0.0800. The zero-order chi connectivity index (χ0) is 8.97. The van der Waals surface area contributed by atoms with Crippen LogP contribution in [0.2, 0.25) is 0 Å². The highest BCUT2D eigenvalue weighted by molar-refractivity contribution is 4.73. The maximum atomic E-state index is 5.64. The smallest absolute Gasteiger partial charge is 0.0496 e. The van der Waals surface area contributed by atoms with E-state index in [2.05, 4.69) is 13.8 Å². The summed E-state index contributed by atoms with van der Waals surface area (Å²) in [6.45, 7) is 7.25. The van der Waals surface area contributed by atoms with Crippen LogP contribution < -0.4 is 5.73 Å². The first-order chi connectivity index (χ1) is 5.75. The van der Waals surface area contributed by atoms with Crippen molar-refractivity contribution < 1.29 is 4.74 Å². The minimum absolute atomic E-state index is 0.636. The highest BCUT2D eigenvalue weighted by Crippen LogP contribution is 2.27. The zero-order valence-corrected chi connectivity index (χ0v) is 8.25. The first-order valence-electron chi connectivity index (χ1n) is 5.03. The molecule has 0 radical (unpaired) electrons. The number of rotatable bonds is 3. The monoisotopic (exact) mass is 171 g/mol. The van der Waals surface area contributed by atoms with Gasteiger partial charge in [-0.15, -0.1) is 0 Å². The van der Waals surface area contributed by atoms with Crippen LogP contribution >= 0.6 is 0 Å². The molecular weight excluding hydrogens is 150 g/mol. The van der Waals surface area contributed by atoms with Crippen molar-refractivity contribution >= 4 is 0 Å². The lowest BCUT2D eigenvalue weighted by molar-refractivity contribution is 0.0238. The van der Waals surface area contributed by atoms with Gasteiger partial charge in [0.05, 0.1) is 0 Å². The van der Waals surface area contributed by atoms with Gasteiger partial charge in [-0.3, -0.25) is 0 Å². The summed E-state index contributed by atoms with van der Waals surface area (Å²) in [7, 11) is 0. The molecule has 3 unspecified atom stereocenters. The minimum Gasteiger partial charge on any atom is -0.381 e. The van der Waals surface area contributed by atoms with Crippen LogP contribution in [0.3, 0.4) is 0 Å². The minimum atomic E-state index is 0.636. The molecule has 3 atom stereocenters. The molecule has 2 heteroatoms. The van der Waals surface area contributed by atoms with Gasteiger partial charge in [-0.05, 0) is 37.1 Å². The molecule has 2 N–H and O–H groups in total. The summed E-state index contributed by atoms with van der Waals surface area (Å²) in [5, 5.41) is 0. The second kappa shape index (κ2) is 4.83. The Morgan fingerprint density at radius 1 is 1.50 bits per heavy atom. The molecule has 1 saturated heterocycles. The van der Waals surface area contributed by atoms with Crippen LogP contribution in [0.15, 0.2) is 0 Å². The maximum absolute atomic E-state index is 5.64. The molecule has 0 aromatic rings. The summed E-state index contributed by atoms with van der Waals surface area (Å²) in [6.07, 6.45) is 2.55. The number of nitrogens with two attached hydrogens (primary N) is 1. The molecule has 0 bridgehead atoms. The molecular formula is C10H21NO. The van der Waals surface area contributed by atoms with Crippen molar-refractivity contribution in [3.63, 3.8) is 0 Å². The van der Waals surface area contributed by atoms with E-state index in [1.54, 1.807) is 0 Å². The quantitative estimate of drug-likeness (QED) is 0.700. The van der Waals surface area contributed by atoms with Crippen LogP contribution in [-0.2, 0) is 4.74 Å². The van der Waals surface area contributed by atoms with E-state index in [1.165, 1.54) is 12.8 Å². The molecule has 1 aliphatic rings. The number of hydrogen-bond donors (Lipinski definition) is 1. The van der Waals surface area contributed by atoms with Gasteiger partial charge in [-0.1, -0.05) is 13.8 Å². The lowest BCUT2D eigenvalue weighted by Crippen LogP contribution is -2.30. The Bertz CT molecular complexity index is 121.